The molecule has 7 nitrogen and oxygen atoms in total. The van der Waals surface area contributed by atoms with Gasteiger partial charge in [-0.1, -0.05) is 17.3 Å². The van der Waals surface area contributed by atoms with Gasteiger partial charge in [-0.05, 0) is 67.1 Å². The second kappa shape index (κ2) is 8.95. The van der Waals surface area contributed by atoms with E-state index in [0.717, 1.165) is 24.8 Å². The van der Waals surface area contributed by atoms with Gasteiger partial charge in [0, 0.05) is 35.4 Å². The highest BCUT2D eigenvalue weighted by molar-refractivity contribution is 6.10. The van der Waals surface area contributed by atoms with Gasteiger partial charge in [0.1, 0.15) is 0 Å². The third-order valence-corrected chi connectivity index (χ3v) is 7.94. The number of ether oxygens (including phenoxy) is 1. The predicted molar refractivity (Wildman–Crippen MR) is 130 cm³/mol. The number of carbonyl (C=O) groups excluding carboxylic acids is 1. The van der Waals surface area contributed by atoms with E-state index in [2.05, 4.69) is 22.6 Å². The fraction of sp³-hybridized carbons (Fsp3) is 0.444. The maximum Gasteiger partial charge on any atom is 0.416 e. The normalized spacial score (nSPS) is 19.9. The van der Waals surface area contributed by atoms with Crippen molar-refractivity contribution >= 4 is 11.6 Å². The van der Waals surface area contributed by atoms with Gasteiger partial charge in [0.05, 0.1) is 37.6 Å². The lowest BCUT2D eigenvalue weighted by Crippen LogP contribution is -2.47. The molecular weight excluding hydrogens is 483 g/mol. The summed E-state index contributed by atoms with van der Waals surface area (Å²) >= 11 is 0. The smallest absolute Gasteiger partial charge is 0.381 e. The van der Waals surface area contributed by atoms with Crippen molar-refractivity contribution in [3.63, 3.8) is 0 Å². The molecule has 10 heteroatoms. The molecule has 1 saturated carbocycles. The van der Waals surface area contributed by atoms with Crippen LogP contribution >= 0.6 is 0 Å². The number of amides is 1. The van der Waals surface area contributed by atoms with E-state index in [-0.39, 0.29) is 35.2 Å². The number of hydrogen-bond acceptors (Lipinski definition) is 5. The van der Waals surface area contributed by atoms with E-state index in [1.807, 2.05) is 18.2 Å². The minimum absolute atomic E-state index is 0.0294. The molecule has 0 unspecified atom stereocenters. The number of alkyl halides is 3. The zero-order valence-electron chi connectivity index (χ0n) is 20.5. The maximum absolute atomic E-state index is 14.1. The van der Waals surface area contributed by atoms with Crippen LogP contribution < -0.4 is 10.2 Å². The number of nitrogens with zero attached hydrogens (tertiary/aromatic N) is 4. The van der Waals surface area contributed by atoms with Crippen LogP contribution in [0.5, 0.6) is 0 Å². The number of halogens is 3. The van der Waals surface area contributed by atoms with Gasteiger partial charge in [0.2, 0.25) is 0 Å². The van der Waals surface area contributed by atoms with Crippen molar-refractivity contribution in [1.82, 2.24) is 20.3 Å². The van der Waals surface area contributed by atoms with Gasteiger partial charge >= 0.3 is 6.18 Å². The largest absolute Gasteiger partial charge is 0.416 e. The molecule has 1 amide bonds. The van der Waals surface area contributed by atoms with E-state index in [9.17, 15) is 18.0 Å². The zero-order chi connectivity index (χ0) is 25.8. The van der Waals surface area contributed by atoms with Crippen LogP contribution in [0.25, 0.3) is 0 Å². The highest BCUT2D eigenvalue weighted by atomic mass is 19.4. The first-order valence-corrected chi connectivity index (χ1v) is 12.6. The summed E-state index contributed by atoms with van der Waals surface area (Å²) in [6.45, 7) is 3.40. The first-order chi connectivity index (χ1) is 17.7. The minimum atomic E-state index is -4.55. The summed E-state index contributed by atoms with van der Waals surface area (Å²) in [5.74, 6) is -0.230. The molecule has 3 aromatic rings. The van der Waals surface area contributed by atoms with Crippen molar-refractivity contribution in [2.45, 2.75) is 57.0 Å². The van der Waals surface area contributed by atoms with E-state index < -0.39 is 17.6 Å². The second-order valence-electron chi connectivity index (χ2n) is 10.5. The van der Waals surface area contributed by atoms with E-state index >= 15 is 0 Å². The number of rotatable bonds is 7. The fourth-order valence-corrected chi connectivity index (χ4v) is 5.55. The van der Waals surface area contributed by atoms with Gasteiger partial charge in [0.15, 0.2) is 0 Å². The third kappa shape index (κ3) is 4.42. The Morgan fingerprint density at radius 3 is 2.65 bits per heavy atom. The minimum Gasteiger partial charge on any atom is -0.381 e. The highest BCUT2D eigenvalue weighted by Crippen LogP contribution is 2.41. The predicted octanol–water partition coefficient (Wildman–Crippen LogP) is 4.73. The van der Waals surface area contributed by atoms with Crippen molar-refractivity contribution in [2.24, 2.45) is 5.92 Å². The summed E-state index contributed by atoms with van der Waals surface area (Å²) in [5.41, 5.74) is 1.28. The molecule has 1 aliphatic carbocycles. The SMILES string of the molecule is CC1(NCc2cc3c(c(C(F)(F)F)c2)CN(c2cccc([C@H](C4COC4)n4ccnn4)c2)C3=O)CCC1. The molecule has 3 heterocycles. The van der Waals surface area contributed by atoms with E-state index in [1.54, 1.807) is 29.2 Å². The Bertz CT molecular complexity index is 1320. The van der Waals surface area contributed by atoms with Crippen LogP contribution in [0.3, 0.4) is 0 Å². The Kier molecular flexibility index (Phi) is 5.83. The number of nitrogens with one attached hydrogen (secondary N) is 1. The zero-order valence-corrected chi connectivity index (χ0v) is 20.5. The summed E-state index contributed by atoms with van der Waals surface area (Å²) in [6, 6.07) is 10.1. The Labute approximate surface area is 212 Å². The van der Waals surface area contributed by atoms with Crippen molar-refractivity contribution < 1.29 is 22.7 Å². The van der Waals surface area contributed by atoms with Crippen LogP contribution in [0.4, 0.5) is 18.9 Å². The van der Waals surface area contributed by atoms with Gasteiger partial charge in [-0.25, -0.2) is 4.68 Å². The number of hydrogen-bond donors (Lipinski definition) is 1. The average molecular weight is 512 g/mol. The van der Waals surface area contributed by atoms with Crippen LogP contribution in [-0.2, 0) is 24.0 Å². The van der Waals surface area contributed by atoms with Crippen molar-refractivity contribution in [3.05, 3.63) is 76.6 Å². The second-order valence-corrected chi connectivity index (χ2v) is 10.5. The molecule has 2 aliphatic heterocycles. The van der Waals surface area contributed by atoms with Gasteiger partial charge in [-0.2, -0.15) is 13.2 Å². The molecule has 37 heavy (non-hydrogen) atoms. The van der Waals surface area contributed by atoms with Gasteiger partial charge in [0.25, 0.3) is 5.91 Å². The fourth-order valence-electron chi connectivity index (χ4n) is 5.55. The van der Waals surface area contributed by atoms with Crippen molar-refractivity contribution in [3.8, 4) is 0 Å². The first kappa shape index (κ1) is 24.1. The van der Waals surface area contributed by atoms with E-state index in [0.29, 0.717) is 31.0 Å². The quantitative estimate of drug-likeness (QED) is 0.497. The molecular formula is C27H28F3N5O2. The molecule has 1 atom stereocenters. The van der Waals surface area contributed by atoms with Crippen LogP contribution in [-0.4, -0.2) is 39.7 Å². The lowest BCUT2D eigenvalue weighted by molar-refractivity contribution is -0.138. The van der Waals surface area contributed by atoms with Gasteiger partial charge < -0.3 is 15.0 Å². The Morgan fingerprint density at radius 2 is 2.03 bits per heavy atom. The molecule has 0 radical (unpaired) electrons. The van der Waals surface area contributed by atoms with E-state index in [4.69, 9.17) is 4.74 Å². The Balaban J connectivity index is 1.32. The summed E-state index contributed by atoms with van der Waals surface area (Å²) in [7, 11) is 0. The topological polar surface area (TPSA) is 72.3 Å². The number of anilines is 1. The summed E-state index contributed by atoms with van der Waals surface area (Å²) in [4.78, 5) is 14.9. The third-order valence-electron chi connectivity index (χ3n) is 7.94. The summed E-state index contributed by atoms with van der Waals surface area (Å²) in [5, 5.41) is 11.5. The van der Waals surface area contributed by atoms with Gasteiger partial charge in [-0.3, -0.25) is 4.79 Å². The first-order valence-electron chi connectivity index (χ1n) is 12.6. The van der Waals surface area contributed by atoms with Crippen molar-refractivity contribution in [1.29, 1.82) is 0 Å². The van der Waals surface area contributed by atoms with Crippen LogP contribution in [0, 0.1) is 5.92 Å². The molecule has 194 valence electrons. The number of benzene rings is 2. The summed E-state index contributed by atoms with van der Waals surface area (Å²) < 4.78 is 49.5. The molecule has 1 aromatic heterocycles. The lowest BCUT2D eigenvalue weighted by Gasteiger charge is -2.39. The Morgan fingerprint density at radius 1 is 1.22 bits per heavy atom. The maximum atomic E-state index is 14.1. The monoisotopic (exact) mass is 511 g/mol. The standard InChI is InChI=1S/C27H28F3N5O2/c1-26(6-3-7-26)31-13-17-10-21-22(23(11-17)27(28,29)30)14-34(25(21)36)20-5-2-4-18(12-20)24(19-15-37-16-19)35-9-8-32-33-35/h2,4-5,8-12,19,24,31H,3,6-7,13-16H2,1H3/t24-/m1/s1. The number of fused-ring (bicyclic) bond motifs is 1. The molecule has 0 bridgehead atoms. The molecule has 0 spiro atoms. The Hall–Kier alpha value is -3.24. The number of aromatic nitrogens is 3. The van der Waals surface area contributed by atoms with Gasteiger partial charge in [-0.15, -0.1) is 5.10 Å². The van der Waals surface area contributed by atoms with Crippen LogP contribution in [0.2, 0.25) is 0 Å². The van der Waals surface area contributed by atoms with Crippen LogP contribution in [0.1, 0.15) is 64.8 Å². The lowest BCUT2D eigenvalue weighted by atomic mass is 9.78. The average Bonchev–Trinajstić information content (AvgIpc) is 3.46. The molecule has 1 N–H and O–H groups in total. The molecule has 6 rings (SSSR count). The highest BCUT2D eigenvalue weighted by Gasteiger charge is 2.41. The number of carbonyl (C=O) groups is 1. The van der Waals surface area contributed by atoms with Crippen molar-refractivity contribution in [2.75, 3.05) is 18.1 Å². The van der Waals surface area contributed by atoms with Crippen LogP contribution in [0.15, 0.2) is 48.8 Å². The summed E-state index contributed by atoms with van der Waals surface area (Å²) in [6.07, 6.45) is 1.93. The molecule has 1 saturated heterocycles. The van der Waals surface area contributed by atoms with E-state index in [1.165, 1.54) is 11.0 Å². The molecule has 2 fully saturated rings. The molecule has 2 aromatic carbocycles. The molecule has 3 aliphatic rings.